The van der Waals surface area contributed by atoms with E-state index in [-0.39, 0.29) is 6.42 Å². The molecular formula is C10H15F6N. The van der Waals surface area contributed by atoms with Gasteiger partial charge in [-0.15, -0.1) is 0 Å². The van der Waals surface area contributed by atoms with Gasteiger partial charge in [-0.1, -0.05) is 12.8 Å². The van der Waals surface area contributed by atoms with Crippen LogP contribution in [0.4, 0.5) is 26.3 Å². The van der Waals surface area contributed by atoms with E-state index in [1.54, 1.807) is 0 Å². The van der Waals surface area contributed by atoms with Gasteiger partial charge in [-0.25, -0.2) is 0 Å². The smallest absolute Gasteiger partial charge is 0.313 e. The van der Waals surface area contributed by atoms with Crippen LogP contribution in [-0.2, 0) is 0 Å². The first-order valence-electron chi connectivity index (χ1n) is 5.57. The van der Waals surface area contributed by atoms with Crippen LogP contribution in [0.5, 0.6) is 0 Å². The van der Waals surface area contributed by atoms with E-state index in [0.717, 1.165) is 0 Å². The Morgan fingerprint density at radius 2 is 1.53 bits per heavy atom. The predicted octanol–water partition coefficient (Wildman–Crippen LogP) is 3.65. The van der Waals surface area contributed by atoms with Gasteiger partial charge in [0.15, 0.2) is 0 Å². The summed E-state index contributed by atoms with van der Waals surface area (Å²) < 4.78 is 73.4. The zero-order valence-electron chi connectivity index (χ0n) is 9.17. The van der Waals surface area contributed by atoms with Gasteiger partial charge in [0, 0.05) is 12.6 Å². The van der Waals surface area contributed by atoms with Crippen molar-refractivity contribution in [2.24, 2.45) is 5.92 Å². The third-order valence-corrected chi connectivity index (χ3v) is 3.00. The molecule has 1 saturated carbocycles. The lowest BCUT2D eigenvalue weighted by molar-refractivity contribution is -0.189. The first kappa shape index (κ1) is 14.6. The number of rotatable bonds is 3. The third kappa shape index (κ3) is 5.14. The van der Waals surface area contributed by atoms with Gasteiger partial charge in [-0.2, -0.15) is 26.3 Å². The Bertz CT molecular complexity index is 234. The maximum atomic E-state index is 12.6. The quantitative estimate of drug-likeness (QED) is 0.766. The van der Waals surface area contributed by atoms with Crippen molar-refractivity contribution < 1.29 is 26.3 Å². The number of hydrogen-bond donors (Lipinski definition) is 1. The molecule has 0 aromatic heterocycles. The molecule has 1 aliphatic rings. The molecule has 1 rings (SSSR count). The first-order valence-corrected chi connectivity index (χ1v) is 5.57. The van der Waals surface area contributed by atoms with Gasteiger partial charge in [-0.05, 0) is 12.8 Å². The molecule has 0 aromatic rings. The Labute approximate surface area is 95.6 Å². The second-order valence-electron chi connectivity index (χ2n) is 4.36. The molecule has 17 heavy (non-hydrogen) atoms. The van der Waals surface area contributed by atoms with E-state index in [2.05, 4.69) is 5.32 Å². The second-order valence-corrected chi connectivity index (χ2v) is 4.36. The summed E-state index contributed by atoms with van der Waals surface area (Å²) in [4.78, 5) is 0. The van der Waals surface area contributed by atoms with Gasteiger partial charge >= 0.3 is 12.4 Å². The number of halogens is 6. The van der Waals surface area contributed by atoms with Crippen LogP contribution in [0.2, 0.25) is 0 Å². The minimum atomic E-state index is -4.32. The highest BCUT2D eigenvalue weighted by atomic mass is 19.4. The molecule has 2 atom stereocenters. The Morgan fingerprint density at radius 3 is 2.06 bits per heavy atom. The van der Waals surface area contributed by atoms with Crippen molar-refractivity contribution in [3.8, 4) is 0 Å². The highest BCUT2D eigenvalue weighted by Crippen LogP contribution is 2.37. The van der Waals surface area contributed by atoms with E-state index in [4.69, 9.17) is 0 Å². The molecule has 0 aromatic carbocycles. The van der Waals surface area contributed by atoms with Crippen molar-refractivity contribution in [2.75, 3.05) is 6.54 Å². The molecule has 0 aliphatic heterocycles. The van der Waals surface area contributed by atoms with Gasteiger partial charge in [0.05, 0.1) is 12.3 Å². The average Bonchev–Trinajstić information content (AvgIpc) is 2.15. The molecular weight excluding hydrogens is 248 g/mol. The Hall–Kier alpha value is -0.460. The maximum absolute atomic E-state index is 12.6. The molecule has 1 nitrogen and oxygen atoms in total. The summed E-state index contributed by atoms with van der Waals surface area (Å²) in [6, 6.07) is -0.869. The fourth-order valence-corrected chi connectivity index (χ4v) is 2.17. The van der Waals surface area contributed by atoms with Crippen LogP contribution in [0.1, 0.15) is 32.1 Å². The van der Waals surface area contributed by atoms with Crippen LogP contribution in [0, 0.1) is 5.92 Å². The summed E-state index contributed by atoms with van der Waals surface area (Å²) in [5.74, 6) is -1.51. The van der Waals surface area contributed by atoms with E-state index >= 15 is 0 Å². The average molecular weight is 263 g/mol. The van der Waals surface area contributed by atoms with E-state index < -0.39 is 37.3 Å². The minimum absolute atomic E-state index is 0.00713. The number of hydrogen-bond acceptors (Lipinski definition) is 1. The largest absolute Gasteiger partial charge is 0.393 e. The van der Waals surface area contributed by atoms with Crippen molar-refractivity contribution in [1.29, 1.82) is 0 Å². The molecule has 0 radical (unpaired) electrons. The summed E-state index contributed by atoms with van der Waals surface area (Å²) in [6.07, 6.45) is -8.31. The van der Waals surface area contributed by atoms with Crippen LogP contribution >= 0.6 is 0 Å². The molecule has 1 fully saturated rings. The SMILES string of the molecule is FC(F)(F)CCNC1CCCCC1C(F)(F)F. The zero-order chi connectivity index (χ0) is 13.1. The molecule has 2 unspecified atom stereocenters. The first-order chi connectivity index (χ1) is 7.70. The second kappa shape index (κ2) is 5.46. The summed E-state index contributed by atoms with van der Waals surface area (Å²) in [5.41, 5.74) is 0. The van der Waals surface area contributed by atoms with Gasteiger partial charge in [0.25, 0.3) is 0 Å². The highest BCUT2D eigenvalue weighted by Gasteiger charge is 2.45. The van der Waals surface area contributed by atoms with Gasteiger partial charge in [-0.3, -0.25) is 0 Å². The molecule has 102 valence electrons. The lowest BCUT2D eigenvalue weighted by Crippen LogP contribution is -2.46. The van der Waals surface area contributed by atoms with Crippen molar-refractivity contribution in [1.82, 2.24) is 5.32 Å². The Kier molecular flexibility index (Phi) is 4.69. The lowest BCUT2D eigenvalue weighted by Gasteiger charge is -2.33. The van der Waals surface area contributed by atoms with Gasteiger partial charge < -0.3 is 5.32 Å². The zero-order valence-corrected chi connectivity index (χ0v) is 9.17. The standard InChI is InChI=1S/C10H15F6N/c11-9(12,13)5-6-17-8-4-2-1-3-7(8)10(14,15)16/h7-8,17H,1-6H2. The third-order valence-electron chi connectivity index (χ3n) is 3.00. The summed E-state index contributed by atoms with van der Waals surface area (Å²) in [6.45, 7) is -0.444. The Morgan fingerprint density at radius 1 is 0.941 bits per heavy atom. The van der Waals surface area contributed by atoms with Crippen molar-refractivity contribution in [2.45, 2.75) is 50.5 Å². The van der Waals surface area contributed by atoms with E-state index in [0.29, 0.717) is 19.3 Å². The van der Waals surface area contributed by atoms with E-state index in [1.807, 2.05) is 0 Å². The molecule has 0 saturated heterocycles. The predicted molar refractivity (Wildman–Crippen MR) is 50.5 cm³/mol. The molecule has 0 spiro atoms. The lowest BCUT2D eigenvalue weighted by atomic mass is 9.84. The highest BCUT2D eigenvalue weighted by molar-refractivity contribution is 4.85. The van der Waals surface area contributed by atoms with Crippen LogP contribution in [0.3, 0.4) is 0 Å². The molecule has 1 aliphatic carbocycles. The van der Waals surface area contributed by atoms with Crippen molar-refractivity contribution in [3.63, 3.8) is 0 Å². The van der Waals surface area contributed by atoms with Crippen LogP contribution < -0.4 is 5.32 Å². The summed E-state index contributed by atoms with van der Waals surface area (Å²) in [5, 5.41) is 2.39. The molecule has 7 heteroatoms. The van der Waals surface area contributed by atoms with E-state index in [1.165, 1.54) is 0 Å². The summed E-state index contributed by atoms with van der Waals surface area (Å²) in [7, 11) is 0. The van der Waals surface area contributed by atoms with Crippen molar-refractivity contribution in [3.05, 3.63) is 0 Å². The fourth-order valence-electron chi connectivity index (χ4n) is 2.17. The number of alkyl halides is 6. The van der Waals surface area contributed by atoms with Gasteiger partial charge in [0.1, 0.15) is 0 Å². The molecule has 1 N–H and O–H groups in total. The van der Waals surface area contributed by atoms with Crippen LogP contribution in [0.15, 0.2) is 0 Å². The molecule has 0 heterocycles. The maximum Gasteiger partial charge on any atom is 0.393 e. The monoisotopic (exact) mass is 263 g/mol. The van der Waals surface area contributed by atoms with E-state index in [9.17, 15) is 26.3 Å². The Balaban J connectivity index is 2.44. The van der Waals surface area contributed by atoms with Gasteiger partial charge in [0.2, 0.25) is 0 Å². The minimum Gasteiger partial charge on any atom is -0.313 e. The normalized spacial score (nSPS) is 27.2. The summed E-state index contributed by atoms with van der Waals surface area (Å²) >= 11 is 0. The topological polar surface area (TPSA) is 12.0 Å². The molecule has 0 bridgehead atoms. The molecule has 0 amide bonds. The van der Waals surface area contributed by atoms with Crippen molar-refractivity contribution >= 4 is 0 Å². The van der Waals surface area contributed by atoms with Crippen LogP contribution in [-0.4, -0.2) is 24.9 Å². The van der Waals surface area contributed by atoms with Crippen LogP contribution in [0.25, 0.3) is 0 Å². The fraction of sp³-hybridized carbons (Fsp3) is 1.00. The number of nitrogens with one attached hydrogen (secondary N) is 1.